The van der Waals surface area contributed by atoms with Crippen molar-refractivity contribution in [2.45, 2.75) is 63.6 Å². The predicted molar refractivity (Wildman–Crippen MR) is 124 cm³/mol. The monoisotopic (exact) mass is 443 g/mol. The molecule has 2 aliphatic rings. The minimum absolute atomic E-state index is 0.00454. The van der Waals surface area contributed by atoms with Gasteiger partial charge < -0.3 is 19.5 Å². The number of rotatable bonds is 7. The van der Waals surface area contributed by atoms with Crippen molar-refractivity contribution in [1.29, 1.82) is 0 Å². The molecule has 0 bridgehead atoms. The second-order valence-corrected chi connectivity index (χ2v) is 9.38. The van der Waals surface area contributed by atoms with E-state index in [2.05, 4.69) is 29.6 Å². The standard InChI is InChI=1S/C25H33NO4S/c27-14-8-9-15-29-24-17-19(21-18-31-23-11-5-4-10-20(21)23)16-22(30-24)25(28)26-12-6-2-1-3-7-13-26/h4-5,10-11,16,18-19,24,27H,1-3,6-9,12-15,17H2/t19-,24+/m1/s1. The lowest BCUT2D eigenvalue weighted by atomic mass is 9.92. The van der Waals surface area contributed by atoms with E-state index in [-0.39, 0.29) is 18.4 Å². The van der Waals surface area contributed by atoms with Crippen molar-refractivity contribution >= 4 is 27.3 Å². The van der Waals surface area contributed by atoms with Crippen molar-refractivity contribution in [1.82, 2.24) is 4.90 Å². The summed E-state index contributed by atoms with van der Waals surface area (Å²) in [5.41, 5.74) is 1.24. The van der Waals surface area contributed by atoms with Crippen molar-refractivity contribution < 1.29 is 19.4 Å². The molecule has 0 unspecified atom stereocenters. The number of benzene rings is 1. The van der Waals surface area contributed by atoms with Gasteiger partial charge in [-0.2, -0.15) is 0 Å². The fourth-order valence-corrected chi connectivity index (χ4v) is 5.47. The smallest absolute Gasteiger partial charge is 0.288 e. The Bertz CT molecular complexity index is 885. The summed E-state index contributed by atoms with van der Waals surface area (Å²) in [6, 6.07) is 8.42. The van der Waals surface area contributed by atoms with E-state index in [1.807, 2.05) is 11.0 Å². The number of unbranched alkanes of at least 4 members (excludes halogenated alkanes) is 1. The number of aliphatic hydroxyl groups is 1. The molecular weight excluding hydrogens is 410 g/mol. The molecule has 2 aliphatic heterocycles. The molecule has 4 rings (SSSR count). The van der Waals surface area contributed by atoms with Crippen LogP contribution in [-0.2, 0) is 14.3 Å². The first-order chi connectivity index (χ1) is 15.3. The van der Waals surface area contributed by atoms with E-state index in [1.165, 1.54) is 34.9 Å². The van der Waals surface area contributed by atoms with Crippen molar-refractivity contribution in [3.05, 3.63) is 47.0 Å². The molecule has 3 heterocycles. The van der Waals surface area contributed by atoms with E-state index < -0.39 is 6.29 Å². The number of hydrogen-bond acceptors (Lipinski definition) is 5. The number of carbonyl (C=O) groups is 1. The zero-order valence-electron chi connectivity index (χ0n) is 18.1. The Morgan fingerprint density at radius 1 is 1.13 bits per heavy atom. The van der Waals surface area contributed by atoms with Gasteiger partial charge in [0.1, 0.15) is 0 Å². The van der Waals surface area contributed by atoms with Crippen molar-refractivity contribution in [2.75, 3.05) is 26.3 Å². The lowest BCUT2D eigenvalue weighted by Gasteiger charge is -2.32. The Labute approximate surface area is 188 Å². The number of fused-ring (bicyclic) bond motifs is 1. The molecule has 2 atom stereocenters. The Morgan fingerprint density at radius 2 is 1.90 bits per heavy atom. The Hall–Kier alpha value is -1.89. The van der Waals surface area contributed by atoms with Gasteiger partial charge in [0, 0.05) is 36.7 Å². The quantitative estimate of drug-likeness (QED) is 0.598. The van der Waals surface area contributed by atoms with Crippen LogP contribution in [0.3, 0.4) is 0 Å². The first kappa shape index (κ1) is 22.3. The fraction of sp³-hybridized carbons (Fsp3) is 0.560. The van der Waals surface area contributed by atoms with Gasteiger partial charge in [-0.15, -0.1) is 11.3 Å². The Morgan fingerprint density at radius 3 is 2.71 bits per heavy atom. The Balaban J connectivity index is 1.56. The topological polar surface area (TPSA) is 59.0 Å². The SMILES string of the molecule is O=C(C1=C[C@@H](c2csc3ccccc23)C[C@@H](OCCCCO)O1)N1CCCCCCC1. The summed E-state index contributed by atoms with van der Waals surface area (Å²) in [6.45, 7) is 2.28. The average molecular weight is 444 g/mol. The van der Waals surface area contributed by atoms with Gasteiger partial charge in [-0.05, 0) is 54.2 Å². The van der Waals surface area contributed by atoms with Gasteiger partial charge in [0.15, 0.2) is 5.76 Å². The molecular formula is C25H33NO4S. The van der Waals surface area contributed by atoms with E-state index in [4.69, 9.17) is 14.6 Å². The third kappa shape index (κ3) is 5.68. The highest BCUT2D eigenvalue weighted by Crippen LogP contribution is 2.38. The van der Waals surface area contributed by atoms with E-state index in [1.54, 1.807) is 11.3 Å². The molecule has 1 amide bonds. The number of allylic oxidation sites excluding steroid dienone is 1. The number of ether oxygens (including phenoxy) is 2. The van der Waals surface area contributed by atoms with Crippen LogP contribution in [0.5, 0.6) is 0 Å². The maximum absolute atomic E-state index is 13.4. The molecule has 1 fully saturated rings. The summed E-state index contributed by atoms with van der Waals surface area (Å²) in [5, 5.41) is 12.5. The van der Waals surface area contributed by atoms with E-state index in [9.17, 15) is 4.79 Å². The summed E-state index contributed by atoms with van der Waals surface area (Å²) in [6.07, 6.45) is 9.49. The largest absolute Gasteiger partial charge is 0.459 e. The summed E-state index contributed by atoms with van der Waals surface area (Å²) in [7, 11) is 0. The van der Waals surface area contributed by atoms with Crippen LogP contribution < -0.4 is 0 Å². The predicted octanol–water partition coefficient (Wildman–Crippen LogP) is 5.20. The molecule has 1 saturated heterocycles. The van der Waals surface area contributed by atoms with Crippen LogP contribution in [0.15, 0.2) is 41.5 Å². The molecule has 1 N–H and O–H groups in total. The van der Waals surface area contributed by atoms with Gasteiger partial charge >= 0.3 is 0 Å². The third-order valence-corrected chi connectivity index (χ3v) is 7.16. The van der Waals surface area contributed by atoms with Crippen LogP contribution >= 0.6 is 11.3 Å². The highest BCUT2D eigenvalue weighted by molar-refractivity contribution is 7.17. The van der Waals surface area contributed by atoms with Gasteiger partial charge in [-0.25, -0.2) is 0 Å². The van der Waals surface area contributed by atoms with Crippen LogP contribution in [0.25, 0.3) is 10.1 Å². The van der Waals surface area contributed by atoms with E-state index in [0.29, 0.717) is 25.2 Å². The Kier molecular flexibility index (Phi) is 8.00. The molecule has 6 heteroatoms. The highest BCUT2D eigenvalue weighted by Gasteiger charge is 2.32. The first-order valence-corrected chi connectivity index (χ1v) is 12.5. The number of thiophene rings is 1. The maximum atomic E-state index is 13.4. The summed E-state index contributed by atoms with van der Waals surface area (Å²) in [5.74, 6) is 0.510. The first-order valence-electron chi connectivity index (χ1n) is 11.6. The maximum Gasteiger partial charge on any atom is 0.288 e. The van der Waals surface area contributed by atoms with Crippen molar-refractivity contribution in [3.63, 3.8) is 0 Å². The van der Waals surface area contributed by atoms with Gasteiger partial charge in [-0.3, -0.25) is 4.79 Å². The molecule has 168 valence electrons. The molecule has 1 aromatic heterocycles. The van der Waals surface area contributed by atoms with Crippen molar-refractivity contribution in [3.8, 4) is 0 Å². The van der Waals surface area contributed by atoms with Crippen LogP contribution in [-0.4, -0.2) is 48.5 Å². The second-order valence-electron chi connectivity index (χ2n) is 8.47. The summed E-state index contributed by atoms with van der Waals surface area (Å²) >= 11 is 1.74. The number of nitrogens with zero attached hydrogens (tertiary/aromatic N) is 1. The van der Waals surface area contributed by atoms with Crippen LogP contribution in [0.4, 0.5) is 0 Å². The zero-order valence-corrected chi connectivity index (χ0v) is 18.9. The summed E-state index contributed by atoms with van der Waals surface area (Å²) < 4.78 is 13.3. The molecule has 1 aromatic carbocycles. The van der Waals surface area contributed by atoms with Gasteiger partial charge in [0.25, 0.3) is 5.91 Å². The van der Waals surface area contributed by atoms with Crippen LogP contribution in [0.2, 0.25) is 0 Å². The molecule has 0 aliphatic carbocycles. The van der Waals surface area contributed by atoms with Gasteiger partial charge in [0.05, 0.1) is 6.61 Å². The molecule has 0 radical (unpaired) electrons. The minimum Gasteiger partial charge on any atom is -0.459 e. The van der Waals surface area contributed by atoms with Crippen LogP contribution in [0, 0.1) is 0 Å². The van der Waals surface area contributed by atoms with Gasteiger partial charge in [-0.1, -0.05) is 37.5 Å². The summed E-state index contributed by atoms with van der Waals surface area (Å²) in [4.78, 5) is 15.3. The van der Waals surface area contributed by atoms with Gasteiger partial charge in [0.2, 0.25) is 6.29 Å². The minimum atomic E-state index is -0.443. The highest BCUT2D eigenvalue weighted by atomic mass is 32.1. The molecule has 5 nitrogen and oxygen atoms in total. The lowest BCUT2D eigenvalue weighted by molar-refractivity contribution is -0.153. The van der Waals surface area contributed by atoms with E-state index >= 15 is 0 Å². The number of likely N-dealkylation sites (tertiary alicyclic amines) is 1. The molecule has 0 spiro atoms. The number of amides is 1. The molecule has 0 saturated carbocycles. The van der Waals surface area contributed by atoms with Crippen LogP contribution in [0.1, 0.15) is 62.8 Å². The lowest BCUT2D eigenvalue weighted by Crippen LogP contribution is -2.38. The fourth-order valence-electron chi connectivity index (χ4n) is 4.45. The number of hydrogen-bond donors (Lipinski definition) is 1. The van der Waals surface area contributed by atoms with Crippen molar-refractivity contribution in [2.24, 2.45) is 0 Å². The number of carbonyl (C=O) groups excluding carboxylic acids is 1. The van der Waals surface area contributed by atoms with E-state index in [0.717, 1.165) is 32.4 Å². The molecule has 31 heavy (non-hydrogen) atoms. The second kappa shape index (κ2) is 11.1. The molecule has 2 aromatic rings. The average Bonchev–Trinajstić information content (AvgIpc) is 3.20. The third-order valence-electron chi connectivity index (χ3n) is 6.18. The normalized spacial score (nSPS) is 22.5. The zero-order chi connectivity index (χ0) is 21.5. The number of aliphatic hydroxyl groups excluding tert-OH is 1.